The molecule has 4 heteroatoms. The summed E-state index contributed by atoms with van der Waals surface area (Å²) in [7, 11) is 2.99. The number of rotatable bonds is 3. The third-order valence-corrected chi connectivity index (χ3v) is 3.47. The zero-order valence-electron chi connectivity index (χ0n) is 10.6. The summed E-state index contributed by atoms with van der Waals surface area (Å²) in [6.45, 7) is 0. The smallest absolute Gasteiger partial charge is 0.339 e. The summed E-state index contributed by atoms with van der Waals surface area (Å²) in [5.41, 5.74) is 2.42. The first kappa shape index (κ1) is 13.6. The van der Waals surface area contributed by atoms with E-state index in [9.17, 15) is 4.79 Å². The fourth-order valence-electron chi connectivity index (χ4n) is 1.77. The highest BCUT2D eigenvalue weighted by Gasteiger charge is 2.11. The molecule has 0 amide bonds. The van der Waals surface area contributed by atoms with Crippen molar-refractivity contribution in [1.82, 2.24) is 0 Å². The number of carbonyl (C=O) groups excluding carboxylic acids is 1. The number of carbonyl (C=O) groups is 1. The van der Waals surface area contributed by atoms with Crippen LogP contribution in [0, 0.1) is 0 Å². The van der Waals surface area contributed by atoms with Gasteiger partial charge in [-0.2, -0.15) is 0 Å². The van der Waals surface area contributed by atoms with Gasteiger partial charge in [-0.15, -0.1) is 0 Å². The minimum absolute atomic E-state index is 0.364. The third-order valence-electron chi connectivity index (χ3n) is 2.77. The van der Waals surface area contributed by atoms with Crippen LogP contribution in [0.25, 0.3) is 11.1 Å². The van der Waals surface area contributed by atoms with Crippen molar-refractivity contribution in [3.8, 4) is 16.9 Å². The minimum Gasteiger partial charge on any atom is -0.497 e. The van der Waals surface area contributed by atoms with Crippen LogP contribution in [0.2, 0.25) is 0 Å². The predicted molar refractivity (Wildman–Crippen MR) is 77.5 cm³/mol. The molecule has 0 radical (unpaired) electrons. The topological polar surface area (TPSA) is 35.5 Å². The van der Waals surface area contributed by atoms with Gasteiger partial charge in [-0.1, -0.05) is 18.2 Å². The Kier molecular flexibility index (Phi) is 4.22. The maximum Gasteiger partial charge on any atom is 0.339 e. The number of methoxy groups -OCH3 is 2. The number of hydrogen-bond donors (Lipinski definition) is 0. The van der Waals surface area contributed by atoms with Gasteiger partial charge < -0.3 is 9.47 Å². The zero-order chi connectivity index (χ0) is 13.8. The molecule has 0 saturated heterocycles. The van der Waals surface area contributed by atoms with E-state index in [1.165, 1.54) is 7.11 Å². The van der Waals surface area contributed by atoms with Crippen molar-refractivity contribution in [2.75, 3.05) is 14.2 Å². The predicted octanol–water partition coefficient (Wildman–Crippen LogP) is 3.91. The van der Waals surface area contributed by atoms with Gasteiger partial charge >= 0.3 is 5.97 Å². The maximum absolute atomic E-state index is 11.7. The first-order valence-electron chi connectivity index (χ1n) is 5.68. The molecule has 2 aromatic carbocycles. The number of hydrogen-bond acceptors (Lipinski definition) is 3. The van der Waals surface area contributed by atoms with Crippen LogP contribution in [0.4, 0.5) is 0 Å². The Labute approximate surface area is 120 Å². The second-order valence-electron chi connectivity index (χ2n) is 3.92. The van der Waals surface area contributed by atoms with E-state index in [1.54, 1.807) is 13.2 Å². The molecule has 0 saturated carbocycles. The Morgan fingerprint density at radius 3 is 2.47 bits per heavy atom. The first-order valence-corrected chi connectivity index (χ1v) is 6.47. The molecule has 2 aromatic rings. The Balaban J connectivity index is 2.48. The Hall–Kier alpha value is -1.81. The van der Waals surface area contributed by atoms with Crippen LogP contribution in [0.5, 0.6) is 5.75 Å². The molecular formula is C15H13BrO3. The molecule has 0 aliphatic carbocycles. The molecule has 0 bridgehead atoms. The zero-order valence-corrected chi connectivity index (χ0v) is 12.2. The van der Waals surface area contributed by atoms with Crippen LogP contribution in [-0.2, 0) is 4.74 Å². The van der Waals surface area contributed by atoms with Crippen LogP contribution in [0.15, 0.2) is 46.9 Å². The largest absolute Gasteiger partial charge is 0.497 e. The molecule has 0 fully saturated rings. The number of esters is 1. The van der Waals surface area contributed by atoms with Crippen LogP contribution in [0.3, 0.4) is 0 Å². The fourth-order valence-corrected chi connectivity index (χ4v) is 2.18. The van der Waals surface area contributed by atoms with Crippen LogP contribution in [-0.4, -0.2) is 20.2 Å². The molecule has 98 valence electrons. The highest BCUT2D eigenvalue weighted by atomic mass is 79.9. The van der Waals surface area contributed by atoms with Crippen LogP contribution < -0.4 is 4.74 Å². The molecular weight excluding hydrogens is 308 g/mol. The molecule has 0 aliphatic heterocycles. The van der Waals surface area contributed by atoms with Gasteiger partial charge in [0.05, 0.1) is 19.8 Å². The molecule has 0 spiro atoms. The number of halogens is 1. The van der Waals surface area contributed by atoms with Gasteiger partial charge in [-0.05, 0) is 51.3 Å². The fraction of sp³-hybridized carbons (Fsp3) is 0.133. The number of benzene rings is 2. The first-order chi connectivity index (χ1) is 9.15. The quantitative estimate of drug-likeness (QED) is 0.804. The Morgan fingerprint density at radius 2 is 1.79 bits per heavy atom. The summed E-state index contributed by atoms with van der Waals surface area (Å²) in [4.78, 5) is 11.7. The van der Waals surface area contributed by atoms with Crippen molar-refractivity contribution in [2.45, 2.75) is 0 Å². The lowest BCUT2D eigenvalue weighted by molar-refractivity contribution is 0.0599. The van der Waals surface area contributed by atoms with E-state index in [1.807, 2.05) is 36.4 Å². The van der Waals surface area contributed by atoms with Gasteiger partial charge in [-0.3, -0.25) is 0 Å². The molecule has 0 heterocycles. The normalized spacial score (nSPS) is 10.1. The highest BCUT2D eigenvalue weighted by Crippen LogP contribution is 2.28. The second kappa shape index (κ2) is 5.89. The lowest BCUT2D eigenvalue weighted by atomic mass is 10.0. The van der Waals surface area contributed by atoms with Gasteiger partial charge in [-0.25, -0.2) is 4.79 Å². The van der Waals surface area contributed by atoms with Crippen molar-refractivity contribution < 1.29 is 14.3 Å². The van der Waals surface area contributed by atoms with Crippen molar-refractivity contribution >= 4 is 21.9 Å². The van der Waals surface area contributed by atoms with Crippen molar-refractivity contribution in [3.05, 3.63) is 52.5 Å². The van der Waals surface area contributed by atoms with E-state index >= 15 is 0 Å². The van der Waals surface area contributed by atoms with Crippen molar-refractivity contribution in [3.63, 3.8) is 0 Å². The highest BCUT2D eigenvalue weighted by molar-refractivity contribution is 9.10. The molecule has 0 aromatic heterocycles. The maximum atomic E-state index is 11.7. The van der Waals surface area contributed by atoms with Crippen molar-refractivity contribution in [1.29, 1.82) is 0 Å². The van der Waals surface area contributed by atoms with E-state index in [4.69, 9.17) is 9.47 Å². The van der Waals surface area contributed by atoms with Gasteiger partial charge in [0.25, 0.3) is 0 Å². The van der Waals surface area contributed by atoms with E-state index in [0.29, 0.717) is 10.0 Å². The average Bonchev–Trinajstić information content (AvgIpc) is 2.47. The molecule has 0 unspecified atom stereocenters. The third kappa shape index (κ3) is 2.96. The molecule has 0 atom stereocenters. The molecule has 2 rings (SSSR count). The van der Waals surface area contributed by atoms with Gasteiger partial charge in [0, 0.05) is 4.47 Å². The van der Waals surface area contributed by atoms with Gasteiger partial charge in [0.15, 0.2) is 0 Å². The lowest BCUT2D eigenvalue weighted by Gasteiger charge is -2.08. The Bertz CT molecular complexity index is 608. The summed E-state index contributed by atoms with van der Waals surface area (Å²) in [5.74, 6) is 0.414. The Morgan fingerprint density at radius 1 is 1.05 bits per heavy atom. The summed E-state index contributed by atoms with van der Waals surface area (Å²) in [5, 5.41) is 0. The molecule has 3 nitrogen and oxygen atoms in total. The SMILES string of the molecule is COC(=O)c1cc(-c2cccc(OC)c2)ccc1Br. The minimum atomic E-state index is -0.364. The lowest BCUT2D eigenvalue weighted by Crippen LogP contribution is -2.02. The second-order valence-corrected chi connectivity index (χ2v) is 4.77. The van der Waals surface area contributed by atoms with Gasteiger partial charge in [0.1, 0.15) is 5.75 Å². The van der Waals surface area contributed by atoms with Crippen LogP contribution in [0.1, 0.15) is 10.4 Å². The molecule has 19 heavy (non-hydrogen) atoms. The summed E-state index contributed by atoms with van der Waals surface area (Å²) in [6.07, 6.45) is 0. The summed E-state index contributed by atoms with van der Waals surface area (Å²) >= 11 is 3.35. The van der Waals surface area contributed by atoms with E-state index in [-0.39, 0.29) is 5.97 Å². The number of ether oxygens (including phenoxy) is 2. The van der Waals surface area contributed by atoms with Crippen molar-refractivity contribution in [2.24, 2.45) is 0 Å². The standard InChI is InChI=1S/C15H13BrO3/c1-18-12-5-3-4-10(8-12)11-6-7-14(16)13(9-11)15(17)19-2/h3-9H,1-2H3. The van der Waals surface area contributed by atoms with Crippen LogP contribution >= 0.6 is 15.9 Å². The molecule has 0 N–H and O–H groups in total. The summed E-state index contributed by atoms with van der Waals surface area (Å²) < 4.78 is 10.7. The molecule has 0 aliphatic rings. The van der Waals surface area contributed by atoms with E-state index in [2.05, 4.69) is 15.9 Å². The summed E-state index contributed by atoms with van der Waals surface area (Å²) in [6, 6.07) is 13.2. The van der Waals surface area contributed by atoms with Gasteiger partial charge in [0.2, 0.25) is 0 Å². The van der Waals surface area contributed by atoms with E-state index in [0.717, 1.165) is 16.9 Å². The average molecular weight is 321 g/mol. The monoisotopic (exact) mass is 320 g/mol. The van der Waals surface area contributed by atoms with E-state index < -0.39 is 0 Å².